The number of hydrogen-bond donors (Lipinski definition) is 1. The number of piperazine rings is 1. The van der Waals surface area contributed by atoms with Gasteiger partial charge in [-0.3, -0.25) is 9.52 Å². The van der Waals surface area contributed by atoms with Crippen LogP contribution in [0, 0.1) is 6.92 Å². The highest BCUT2D eigenvalue weighted by Gasteiger charge is 2.24. The number of aromatic nitrogens is 2. The molecule has 156 valence electrons. The van der Waals surface area contributed by atoms with E-state index in [0.717, 1.165) is 28.8 Å². The third-order valence-electron chi connectivity index (χ3n) is 5.02. The van der Waals surface area contributed by atoms with E-state index in [1.54, 1.807) is 29.2 Å². The summed E-state index contributed by atoms with van der Waals surface area (Å²) in [6, 6.07) is 14.3. The van der Waals surface area contributed by atoms with E-state index in [1.165, 1.54) is 0 Å². The van der Waals surface area contributed by atoms with Crippen LogP contribution in [0.25, 0.3) is 11.0 Å². The lowest BCUT2D eigenvalue weighted by Crippen LogP contribution is -2.49. The van der Waals surface area contributed by atoms with Gasteiger partial charge >= 0.3 is 0 Å². The summed E-state index contributed by atoms with van der Waals surface area (Å²) in [6.07, 6.45) is 1.09. The molecule has 0 unspecified atom stereocenters. The zero-order valence-electron chi connectivity index (χ0n) is 16.9. The van der Waals surface area contributed by atoms with Crippen LogP contribution in [-0.2, 0) is 10.0 Å². The molecule has 0 saturated carbocycles. The predicted octanol–water partition coefficient (Wildman–Crippen LogP) is 2.27. The van der Waals surface area contributed by atoms with Crippen molar-refractivity contribution in [1.82, 2.24) is 14.9 Å². The Bertz CT molecular complexity index is 1190. The van der Waals surface area contributed by atoms with E-state index in [-0.39, 0.29) is 5.91 Å². The van der Waals surface area contributed by atoms with Gasteiger partial charge in [0, 0.05) is 37.4 Å². The van der Waals surface area contributed by atoms with Gasteiger partial charge in [-0.25, -0.2) is 18.4 Å². The average Bonchev–Trinajstić information content (AvgIpc) is 2.72. The molecule has 1 amide bonds. The smallest absolute Gasteiger partial charge is 0.253 e. The third kappa shape index (κ3) is 4.35. The number of benzene rings is 2. The summed E-state index contributed by atoms with van der Waals surface area (Å²) in [6.45, 7) is 4.46. The first-order chi connectivity index (χ1) is 14.3. The Morgan fingerprint density at radius 2 is 1.53 bits per heavy atom. The standard InChI is InChI=1S/C21H23N5O3S/c1-15-20(23-19-6-4-3-5-18(19)22-15)25-11-13-26(14-12-25)21(27)16-7-9-17(10-8-16)24-30(2,28)29/h3-10,24H,11-14H2,1-2H3. The molecule has 4 rings (SSSR count). The van der Waals surface area contributed by atoms with Crippen LogP contribution in [0.2, 0.25) is 0 Å². The maximum absolute atomic E-state index is 12.8. The Labute approximate surface area is 175 Å². The molecule has 30 heavy (non-hydrogen) atoms. The summed E-state index contributed by atoms with van der Waals surface area (Å²) in [5.74, 6) is 0.791. The summed E-state index contributed by atoms with van der Waals surface area (Å²) >= 11 is 0. The minimum absolute atomic E-state index is 0.0677. The van der Waals surface area contributed by atoms with Gasteiger partial charge in [0.2, 0.25) is 10.0 Å². The number of hydrogen-bond acceptors (Lipinski definition) is 6. The van der Waals surface area contributed by atoms with Gasteiger partial charge in [-0.1, -0.05) is 12.1 Å². The van der Waals surface area contributed by atoms with Gasteiger partial charge in [-0.05, 0) is 43.3 Å². The molecule has 1 saturated heterocycles. The van der Waals surface area contributed by atoms with E-state index in [2.05, 4.69) is 14.6 Å². The molecular formula is C21H23N5O3S. The normalized spacial score (nSPS) is 14.7. The summed E-state index contributed by atoms with van der Waals surface area (Å²) in [5, 5.41) is 0. The maximum atomic E-state index is 12.8. The SMILES string of the molecule is Cc1nc2ccccc2nc1N1CCN(C(=O)c2ccc(NS(C)(=O)=O)cc2)CC1. The van der Waals surface area contributed by atoms with Crippen LogP contribution < -0.4 is 9.62 Å². The molecule has 1 aliphatic rings. The number of carbonyl (C=O) groups is 1. The van der Waals surface area contributed by atoms with Crippen molar-refractivity contribution in [3.05, 3.63) is 59.8 Å². The molecule has 0 aliphatic carbocycles. The molecule has 2 aromatic carbocycles. The van der Waals surface area contributed by atoms with E-state index in [1.807, 2.05) is 31.2 Å². The molecule has 1 fully saturated rings. The fourth-order valence-corrected chi connectivity index (χ4v) is 4.14. The van der Waals surface area contributed by atoms with Gasteiger partial charge in [0.05, 0.1) is 23.0 Å². The Morgan fingerprint density at radius 3 is 2.13 bits per heavy atom. The molecular weight excluding hydrogens is 402 g/mol. The van der Waals surface area contributed by atoms with E-state index in [0.29, 0.717) is 37.4 Å². The predicted molar refractivity (Wildman–Crippen MR) is 117 cm³/mol. The van der Waals surface area contributed by atoms with Crippen molar-refractivity contribution >= 4 is 38.5 Å². The maximum Gasteiger partial charge on any atom is 0.253 e. The van der Waals surface area contributed by atoms with E-state index < -0.39 is 10.0 Å². The largest absolute Gasteiger partial charge is 0.352 e. The van der Waals surface area contributed by atoms with E-state index in [9.17, 15) is 13.2 Å². The topological polar surface area (TPSA) is 95.5 Å². The van der Waals surface area contributed by atoms with Gasteiger partial charge in [-0.2, -0.15) is 0 Å². The molecule has 0 bridgehead atoms. The van der Waals surface area contributed by atoms with Crippen molar-refractivity contribution in [2.45, 2.75) is 6.92 Å². The Morgan fingerprint density at radius 1 is 0.933 bits per heavy atom. The molecule has 1 aliphatic heterocycles. The molecule has 8 nitrogen and oxygen atoms in total. The number of sulfonamides is 1. The fourth-order valence-electron chi connectivity index (χ4n) is 3.58. The van der Waals surface area contributed by atoms with Crippen LogP contribution in [0.5, 0.6) is 0 Å². The second-order valence-electron chi connectivity index (χ2n) is 7.35. The van der Waals surface area contributed by atoms with Crippen molar-refractivity contribution in [3.63, 3.8) is 0 Å². The second-order valence-corrected chi connectivity index (χ2v) is 9.10. The number of anilines is 2. The number of nitrogens with zero attached hydrogens (tertiary/aromatic N) is 4. The average molecular weight is 426 g/mol. The molecule has 0 spiro atoms. The molecule has 1 N–H and O–H groups in total. The van der Waals surface area contributed by atoms with Crippen LogP contribution >= 0.6 is 0 Å². The molecule has 2 heterocycles. The lowest BCUT2D eigenvalue weighted by atomic mass is 10.1. The van der Waals surface area contributed by atoms with E-state index in [4.69, 9.17) is 4.98 Å². The summed E-state index contributed by atoms with van der Waals surface area (Å²) in [5.41, 5.74) is 3.58. The molecule has 3 aromatic rings. The van der Waals surface area contributed by atoms with Gasteiger partial charge in [-0.15, -0.1) is 0 Å². The third-order valence-corrected chi connectivity index (χ3v) is 5.63. The molecule has 0 atom stereocenters. The van der Waals surface area contributed by atoms with Crippen LogP contribution in [0.1, 0.15) is 16.1 Å². The van der Waals surface area contributed by atoms with E-state index >= 15 is 0 Å². The quantitative estimate of drug-likeness (QED) is 0.689. The van der Waals surface area contributed by atoms with Gasteiger partial charge in [0.15, 0.2) is 5.82 Å². The van der Waals surface area contributed by atoms with Crippen LogP contribution in [0.4, 0.5) is 11.5 Å². The highest BCUT2D eigenvalue weighted by molar-refractivity contribution is 7.92. The number of para-hydroxylation sites is 2. The Kier molecular flexibility index (Phi) is 5.29. The number of nitrogens with one attached hydrogen (secondary N) is 1. The first-order valence-corrected chi connectivity index (χ1v) is 11.5. The van der Waals surface area contributed by atoms with Crippen molar-refractivity contribution in [1.29, 1.82) is 0 Å². The summed E-state index contributed by atoms with van der Waals surface area (Å²) in [7, 11) is -3.34. The van der Waals surface area contributed by atoms with Crippen LogP contribution in [-0.4, -0.2) is 61.6 Å². The lowest BCUT2D eigenvalue weighted by molar-refractivity contribution is 0.0746. The van der Waals surface area contributed by atoms with Gasteiger partial charge in [0.1, 0.15) is 0 Å². The van der Waals surface area contributed by atoms with Crippen molar-refractivity contribution < 1.29 is 13.2 Å². The Balaban J connectivity index is 1.43. The Hall–Kier alpha value is -3.20. The zero-order chi connectivity index (χ0) is 21.3. The lowest BCUT2D eigenvalue weighted by Gasteiger charge is -2.36. The van der Waals surface area contributed by atoms with Crippen molar-refractivity contribution in [2.24, 2.45) is 0 Å². The minimum atomic E-state index is -3.34. The molecule has 9 heteroatoms. The van der Waals surface area contributed by atoms with Crippen molar-refractivity contribution in [2.75, 3.05) is 42.1 Å². The first kappa shape index (κ1) is 20.1. The fraction of sp³-hybridized carbons (Fsp3) is 0.286. The number of carbonyl (C=O) groups excluding carboxylic acids is 1. The minimum Gasteiger partial charge on any atom is -0.352 e. The highest BCUT2D eigenvalue weighted by Crippen LogP contribution is 2.22. The summed E-state index contributed by atoms with van der Waals surface area (Å²) in [4.78, 5) is 26.2. The highest BCUT2D eigenvalue weighted by atomic mass is 32.2. The molecule has 0 radical (unpaired) electrons. The zero-order valence-corrected chi connectivity index (χ0v) is 17.7. The number of fused-ring (bicyclic) bond motifs is 1. The van der Waals surface area contributed by atoms with Crippen LogP contribution in [0.15, 0.2) is 48.5 Å². The van der Waals surface area contributed by atoms with Crippen molar-refractivity contribution in [3.8, 4) is 0 Å². The summed E-state index contributed by atoms with van der Waals surface area (Å²) < 4.78 is 25.0. The number of aryl methyl sites for hydroxylation is 1. The number of amides is 1. The van der Waals surface area contributed by atoms with Crippen LogP contribution in [0.3, 0.4) is 0 Å². The molecule has 1 aromatic heterocycles. The first-order valence-electron chi connectivity index (χ1n) is 9.66. The van der Waals surface area contributed by atoms with Gasteiger partial charge in [0.25, 0.3) is 5.91 Å². The monoisotopic (exact) mass is 425 g/mol. The second kappa shape index (κ2) is 7.91. The number of rotatable bonds is 4. The van der Waals surface area contributed by atoms with Gasteiger partial charge < -0.3 is 9.80 Å².